The van der Waals surface area contributed by atoms with Gasteiger partial charge in [-0.25, -0.2) is 4.98 Å². The second-order valence-corrected chi connectivity index (χ2v) is 8.57. The third kappa shape index (κ3) is 3.68. The molecule has 0 amide bonds. The molecule has 1 aliphatic heterocycles. The predicted octanol–water partition coefficient (Wildman–Crippen LogP) is 4.02. The lowest BCUT2D eigenvalue weighted by Gasteiger charge is -2.20. The van der Waals surface area contributed by atoms with E-state index in [0.29, 0.717) is 5.92 Å². The summed E-state index contributed by atoms with van der Waals surface area (Å²) >= 11 is 0. The van der Waals surface area contributed by atoms with Crippen LogP contribution in [0.15, 0.2) is 17.3 Å². The zero-order valence-corrected chi connectivity index (χ0v) is 16.8. The smallest absolute Gasteiger partial charge is 0.159 e. The molecule has 2 aromatic rings. The molecule has 5 heteroatoms. The first-order valence-corrected chi connectivity index (χ1v) is 9.86. The maximum absolute atomic E-state index is 9.84. The normalized spacial score (nSPS) is 21.7. The van der Waals surface area contributed by atoms with E-state index in [9.17, 15) is 5.11 Å². The number of aliphatic imine (C=N–C) groups is 1. The Bertz CT molecular complexity index is 800. The van der Waals surface area contributed by atoms with Crippen molar-refractivity contribution in [3.8, 4) is 0 Å². The lowest BCUT2D eigenvalue weighted by molar-refractivity contribution is 0.216. The van der Waals surface area contributed by atoms with Crippen LogP contribution in [-0.4, -0.2) is 38.0 Å². The summed E-state index contributed by atoms with van der Waals surface area (Å²) in [5.41, 5.74) is 4.96. The molecular weight excluding hydrogens is 324 g/mol. The lowest BCUT2D eigenvalue weighted by Crippen LogP contribution is -2.22. The number of aliphatic hydroxyl groups is 1. The van der Waals surface area contributed by atoms with Crippen LogP contribution in [-0.2, 0) is 12.5 Å². The molecule has 0 radical (unpaired) electrons. The topological polar surface area (TPSA) is 63.3 Å². The Morgan fingerprint density at radius 1 is 1.31 bits per heavy atom. The van der Waals surface area contributed by atoms with Gasteiger partial charge in [0.15, 0.2) is 5.65 Å². The van der Waals surface area contributed by atoms with E-state index in [1.165, 1.54) is 5.69 Å². The molecule has 0 saturated heterocycles. The highest BCUT2D eigenvalue weighted by atomic mass is 16.3. The Balaban J connectivity index is 2.00. The Hall–Kier alpha value is -1.75. The SMILES string of the molecule is CCC[C@@H]1CCCC(c2cnc3cc(C(C)(C)C)n(C)c3n2)=N[C@H]1CO. The van der Waals surface area contributed by atoms with Gasteiger partial charge in [0.05, 0.1) is 24.6 Å². The highest BCUT2D eigenvalue weighted by Crippen LogP contribution is 2.29. The first-order chi connectivity index (χ1) is 12.3. The average molecular weight is 357 g/mol. The van der Waals surface area contributed by atoms with E-state index in [0.717, 1.165) is 54.7 Å². The van der Waals surface area contributed by atoms with E-state index in [1.54, 1.807) is 0 Å². The van der Waals surface area contributed by atoms with Gasteiger partial charge in [-0.05, 0) is 37.7 Å². The summed E-state index contributed by atoms with van der Waals surface area (Å²) in [6.45, 7) is 8.93. The number of aromatic nitrogens is 3. The van der Waals surface area contributed by atoms with E-state index in [1.807, 2.05) is 6.20 Å². The number of rotatable bonds is 4. The third-order valence-electron chi connectivity index (χ3n) is 5.50. The van der Waals surface area contributed by atoms with Crippen LogP contribution in [0.2, 0.25) is 0 Å². The minimum atomic E-state index is -0.0107. The molecule has 2 aromatic heterocycles. The second kappa shape index (κ2) is 7.47. The molecule has 2 atom stereocenters. The molecule has 142 valence electrons. The van der Waals surface area contributed by atoms with Crippen molar-refractivity contribution in [2.24, 2.45) is 18.0 Å². The summed E-state index contributed by atoms with van der Waals surface area (Å²) < 4.78 is 2.15. The van der Waals surface area contributed by atoms with E-state index in [2.05, 4.69) is 50.4 Å². The van der Waals surface area contributed by atoms with Gasteiger partial charge in [0, 0.05) is 18.2 Å². The fourth-order valence-electron chi connectivity index (χ4n) is 4.12. The van der Waals surface area contributed by atoms with Crippen molar-refractivity contribution in [1.29, 1.82) is 0 Å². The van der Waals surface area contributed by atoms with Crippen LogP contribution >= 0.6 is 0 Å². The highest BCUT2D eigenvalue weighted by molar-refractivity contribution is 6.00. The van der Waals surface area contributed by atoms with E-state index in [4.69, 9.17) is 9.98 Å². The van der Waals surface area contributed by atoms with Gasteiger partial charge in [-0.15, -0.1) is 0 Å². The fraction of sp³-hybridized carbons (Fsp3) is 0.667. The summed E-state index contributed by atoms with van der Waals surface area (Å²) in [6, 6.07) is 2.12. The van der Waals surface area contributed by atoms with Crippen molar-refractivity contribution >= 4 is 16.9 Å². The number of hydrogen-bond acceptors (Lipinski definition) is 4. The molecule has 5 nitrogen and oxygen atoms in total. The van der Waals surface area contributed by atoms with Gasteiger partial charge in [0.2, 0.25) is 0 Å². The number of fused-ring (bicyclic) bond motifs is 1. The van der Waals surface area contributed by atoms with Crippen LogP contribution in [0.5, 0.6) is 0 Å². The number of aryl methyl sites for hydroxylation is 1. The van der Waals surface area contributed by atoms with Gasteiger partial charge in [-0.2, -0.15) is 0 Å². The Kier molecular flexibility index (Phi) is 5.47. The van der Waals surface area contributed by atoms with Gasteiger partial charge in [0.25, 0.3) is 0 Å². The molecule has 0 aromatic carbocycles. The standard InChI is InChI=1S/C21H32N4O/c1-6-8-14-9-7-10-15(23-18(14)13-26)17-12-22-16-11-19(21(2,3)4)25(5)20(16)24-17/h11-12,14,18,26H,6-10,13H2,1-5H3/t14-,18+/m1/s1. The van der Waals surface area contributed by atoms with Crippen LogP contribution in [0.3, 0.4) is 0 Å². The van der Waals surface area contributed by atoms with Gasteiger partial charge in [-0.1, -0.05) is 34.1 Å². The zero-order valence-electron chi connectivity index (χ0n) is 16.8. The third-order valence-corrected chi connectivity index (χ3v) is 5.50. The summed E-state index contributed by atoms with van der Waals surface area (Å²) in [4.78, 5) is 14.5. The van der Waals surface area contributed by atoms with Crippen molar-refractivity contribution in [1.82, 2.24) is 14.5 Å². The molecule has 26 heavy (non-hydrogen) atoms. The van der Waals surface area contributed by atoms with Crippen molar-refractivity contribution in [2.45, 2.75) is 71.3 Å². The summed E-state index contributed by atoms with van der Waals surface area (Å²) in [5, 5.41) is 9.84. The van der Waals surface area contributed by atoms with Crippen LogP contribution in [0.1, 0.15) is 71.2 Å². The largest absolute Gasteiger partial charge is 0.394 e. The molecule has 0 saturated carbocycles. The van der Waals surface area contributed by atoms with E-state index in [-0.39, 0.29) is 18.1 Å². The van der Waals surface area contributed by atoms with E-state index < -0.39 is 0 Å². The van der Waals surface area contributed by atoms with Crippen LogP contribution < -0.4 is 0 Å². The molecule has 0 bridgehead atoms. The Labute approximate surface area is 156 Å². The minimum absolute atomic E-state index is 0.0107. The molecule has 1 N–H and O–H groups in total. The molecule has 3 heterocycles. The summed E-state index contributed by atoms with van der Waals surface area (Å²) in [7, 11) is 2.06. The first-order valence-electron chi connectivity index (χ1n) is 9.86. The van der Waals surface area contributed by atoms with Gasteiger partial charge in [0.1, 0.15) is 11.2 Å². The fourth-order valence-corrected chi connectivity index (χ4v) is 4.12. The molecule has 0 spiro atoms. The van der Waals surface area contributed by atoms with Crippen LogP contribution in [0.4, 0.5) is 0 Å². The van der Waals surface area contributed by atoms with Crippen LogP contribution in [0.25, 0.3) is 11.2 Å². The minimum Gasteiger partial charge on any atom is -0.394 e. The quantitative estimate of drug-likeness (QED) is 0.900. The predicted molar refractivity (Wildman–Crippen MR) is 107 cm³/mol. The summed E-state index contributed by atoms with van der Waals surface area (Å²) in [5.74, 6) is 0.474. The number of nitrogens with zero attached hydrogens (tertiary/aromatic N) is 4. The number of aliphatic hydroxyl groups excluding tert-OH is 1. The first kappa shape index (κ1) is 19.0. The lowest BCUT2D eigenvalue weighted by atomic mass is 9.91. The molecule has 0 unspecified atom stereocenters. The zero-order chi connectivity index (χ0) is 18.9. The molecule has 0 fully saturated rings. The van der Waals surface area contributed by atoms with Crippen molar-refractivity contribution in [3.05, 3.63) is 23.7 Å². The van der Waals surface area contributed by atoms with Crippen molar-refractivity contribution in [3.63, 3.8) is 0 Å². The average Bonchev–Trinajstić information content (AvgIpc) is 2.80. The molecule has 3 rings (SSSR count). The monoisotopic (exact) mass is 356 g/mol. The maximum atomic E-state index is 9.84. The molecular formula is C21H32N4O. The summed E-state index contributed by atoms with van der Waals surface area (Å²) in [6.07, 6.45) is 7.24. The van der Waals surface area contributed by atoms with E-state index >= 15 is 0 Å². The van der Waals surface area contributed by atoms with Gasteiger partial charge in [-0.3, -0.25) is 9.98 Å². The highest BCUT2D eigenvalue weighted by Gasteiger charge is 2.25. The van der Waals surface area contributed by atoms with Gasteiger partial charge >= 0.3 is 0 Å². The van der Waals surface area contributed by atoms with Crippen molar-refractivity contribution < 1.29 is 5.11 Å². The molecule has 0 aliphatic carbocycles. The Morgan fingerprint density at radius 2 is 2.08 bits per heavy atom. The van der Waals surface area contributed by atoms with Gasteiger partial charge < -0.3 is 9.67 Å². The molecule has 1 aliphatic rings. The maximum Gasteiger partial charge on any atom is 0.159 e. The second-order valence-electron chi connectivity index (χ2n) is 8.57. The number of hydrogen-bond donors (Lipinski definition) is 1. The van der Waals surface area contributed by atoms with Crippen molar-refractivity contribution in [2.75, 3.05) is 6.61 Å². The van der Waals surface area contributed by atoms with Crippen LogP contribution in [0, 0.1) is 5.92 Å². The Morgan fingerprint density at radius 3 is 2.73 bits per heavy atom.